The Morgan fingerprint density at radius 1 is 1.21 bits per heavy atom. The molecular weight excluding hydrogens is 503 g/mol. The van der Waals surface area contributed by atoms with Crippen LogP contribution in [-0.4, -0.2) is 27.7 Å². The standard InChI is InChI=1S/C30H33FN2O4.H2S/c1-30(2)13-5-8-24(30)29-26(32-18-33(29)27-15-21(36-3)11-12-25(27)31)17-37-22-7-4-6-20(14-22)23(16-28(34)35)19-9-10-19;/h4,6-8,11-12,14-15,18-19,23H,5,9-10,13,16-17H2,1-3H3,(H,34,35);1H2/t23-;/m0./s1. The minimum atomic E-state index is -0.782. The Labute approximate surface area is 229 Å². The van der Waals surface area contributed by atoms with Gasteiger partial charge < -0.3 is 14.6 Å². The number of ether oxygens (including phenoxy) is 2. The van der Waals surface area contributed by atoms with E-state index in [0.717, 1.165) is 48.2 Å². The average molecular weight is 539 g/mol. The summed E-state index contributed by atoms with van der Waals surface area (Å²) in [6, 6.07) is 12.4. The summed E-state index contributed by atoms with van der Waals surface area (Å²) >= 11 is 0. The van der Waals surface area contributed by atoms with Crippen LogP contribution in [0.5, 0.6) is 11.5 Å². The molecule has 0 aliphatic heterocycles. The van der Waals surface area contributed by atoms with Crippen LogP contribution in [0.2, 0.25) is 0 Å². The summed E-state index contributed by atoms with van der Waals surface area (Å²) < 4.78 is 28.3. The molecule has 38 heavy (non-hydrogen) atoms. The monoisotopic (exact) mass is 538 g/mol. The molecule has 0 bridgehead atoms. The molecule has 1 aromatic heterocycles. The van der Waals surface area contributed by atoms with E-state index in [2.05, 4.69) is 24.9 Å². The summed E-state index contributed by atoms with van der Waals surface area (Å²) in [5.41, 5.74) is 3.96. The average Bonchev–Trinajstić information content (AvgIpc) is 3.54. The molecule has 8 heteroatoms. The maximum Gasteiger partial charge on any atom is 0.303 e. The first-order valence-electron chi connectivity index (χ1n) is 12.8. The van der Waals surface area contributed by atoms with Crippen LogP contribution in [0.1, 0.15) is 68.8 Å². The topological polar surface area (TPSA) is 73.6 Å². The van der Waals surface area contributed by atoms with Crippen LogP contribution in [0, 0.1) is 17.2 Å². The van der Waals surface area contributed by atoms with Crippen LogP contribution < -0.4 is 9.47 Å². The lowest BCUT2D eigenvalue weighted by Gasteiger charge is -2.25. The van der Waals surface area contributed by atoms with Gasteiger partial charge in [0.25, 0.3) is 0 Å². The highest BCUT2D eigenvalue weighted by atomic mass is 32.1. The second kappa shape index (κ2) is 11.2. The van der Waals surface area contributed by atoms with Gasteiger partial charge in [0.2, 0.25) is 0 Å². The lowest BCUT2D eigenvalue weighted by atomic mass is 9.83. The summed E-state index contributed by atoms with van der Waals surface area (Å²) in [6.07, 6.45) is 8.06. The molecule has 1 heterocycles. The zero-order valence-corrected chi connectivity index (χ0v) is 23.0. The Morgan fingerprint density at radius 2 is 2.00 bits per heavy atom. The van der Waals surface area contributed by atoms with Gasteiger partial charge in [0.05, 0.1) is 24.9 Å². The third-order valence-electron chi connectivity index (χ3n) is 7.61. The molecule has 1 saturated carbocycles. The zero-order valence-electron chi connectivity index (χ0n) is 22.0. The third-order valence-corrected chi connectivity index (χ3v) is 7.61. The fraction of sp³-hybridized carbons (Fsp3) is 0.400. The van der Waals surface area contributed by atoms with E-state index in [9.17, 15) is 14.3 Å². The van der Waals surface area contributed by atoms with Gasteiger partial charge >= 0.3 is 5.97 Å². The number of imidazole rings is 1. The van der Waals surface area contributed by atoms with E-state index < -0.39 is 5.97 Å². The van der Waals surface area contributed by atoms with Crippen LogP contribution >= 0.6 is 13.5 Å². The van der Waals surface area contributed by atoms with Crippen molar-refractivity contribution in [2.24, 2.45) is 11.3 Å². The number of carbonyl (C=O) groups is 1. The zero-order chi connectivity index (χ0) is 26.2. The molecule has 2 aliphatic carbocycles. The van der Waals surface area contributed by atoms with Crippen LogP contribution in [0.25, 0.3) is 11.3 Å². The number of benzene rings is 2. The molecule has 6 nitrogen and oxygen atoms in total. The number of aromatic nitrogens is 2. The predicted molar refractivity (Wildman–Crippen MR) is 150 cm³/mol. The van der Waals surface area contributed by atoms with E-state index in [1.807, 2.05) is 24.3 Å². The first kappa shape index (κ1) is 27.8. The summed E-state index contributed by atoms with van der Waals surface area (Å²) in [4.78, 5) is 16.1. The van der Waals surface area contributed by atoms with Crippen molar-refractivity contribution in [3.8, 4) is 17.2 Å². The Bertz CT molecular complexity index is 1350. The number of allylic oxidation sites excluding steroid dienone is 2. The van der Waals surface area contributed by atoms with Gasteiger partial charge in [0.1, 0.15) is 35.9 Å². The predicted octanol–water partition coefficient (Wildman–Crippen LogP) is 6.88. The van der Waals surface area contributed by atoms with Crippen LogP contribution in [0.3, 0.4) is 0 Å². The molecule has 3 aromatic rings. The normalized spacial score (nSPS) is 16.9. The van der Waals surface area contributed by atoms with Crippen LogP contribution in [0.15, 0.2) is 54.9 Å². The van der Waals surface area contributed by atoms with Gasteiger partial charge in [0, 0.05) is 6.07 Å². The highest BCUT2D eigenvalue weighted by Gasteiger charge is 2.35. The molecule has 5 rings (SSSR count). The lowest BCUT2D eigenvalue weighted by Crippen LogP contribution is -2.14. The lowest BCUT2D eigenvalue weighted by molar-refractivity contribution is -0.137. The molecular formula is C30H35FN2O4S. The number of hydrogen-bond donors (Lipinski definition) is 1. The van der Waals surface area contributed by atoms with Crippen molar-refractivity contribution >= 4 is 25.0 Å². The quantitative estimate of drug-likeness (QED) is 0.304. The van der Waals surface area contributed by atoms with Crippen molar-refractivity contribution in [3.05, 3.63) is 77.6 Å². The SMILES string of the molecule is COc1ccc(F)c(-n2cnc(COc3cccc([C@@H](CC(=O)O)C4CC4)c3)c2C2=CCCC2(C)C)c1.S. The maximum atomic E-state index is 15.0. The van der Waals surface area contributed by atoms with Crippen molar-refractivity contribution in [2.45, 2.75) is 58.5 Å². The molecule has 0 radical (unpaired) electrons. The Kier molecular flexibility index (Phi) is 8.21. The Hall–Kier alpha value is -3.26. The van der Waals surface area contributed by atoms with E-state index >= 15 is 0 Å². The summed E-state index contributed by atoms with van der Waals surface area (Å²) in [6.45, 7) is 4.59. The minimum absolute atomic E-state index is 0. The number of carboxylic acid groups (broad SMARTS) is 1. The highest BCUT2D eigenvalue weighted by molar-refractivity contribution is 7.59. The Morgan fingerprint density at radius 3 is 2.66 bits per heavy atom. The smallest absolute Gasteiger partial charge is 0.303 e. The fourth-order valence-electron chi connectivity index (χ4n) is 5.40. The number of hydrogen-bond acceptors (Lipinski definition) is 4. The van der Waals surface area contributed by atoms with Crippen LogP contribution in [0.4, 0.5) is 4.39 Å². The number of halogens is 1. The van der Waals surface area contributed by atoms with Gasteiger partial charge in [-0.3, -0.25) is 9.36 Å². The highest BCUT2D eigenvalue weighted by Crippen LogP contribution is 2.46. The molecule has 1 fully saturated rings. The van der Waals surface area contributed by atoms with E-state index in [1.165, 1.54) is 6.07 Å². The molecule has 2 aliphatic rings. The first-order chi connectivity index (χ1) is 17.8. The summed E-state index contributed by atoms with van der Waals surface area (Å²) in [5, 5.41) is 9.39. The van der Waals surface area contributed by atoms with Crippen molar-refractivity contribution < 1.29 is 23.8 Å². The van der Waals surface area contributed by atoms with Crippen LogP contribution in [-0.2, 0) is 11.4 Å². The van der Waals surface area contributed by atoms with Crippen molar-refractivity contribution in [2.75, 3.05) is 7.11 Å². The summed E-state index contributed by atoms with van der Waals surface area (Å²) in [7, 11) is 1.56. The van der Waals surface area contributed by atoms with E-state index in [0.29, 0.717) is 23.1 Å². The number of aliphatic carboxylic acids is 1. The molecule has 0 spiro atoms. The van der Waals surface area contributed by atoms with E-state index in [-0.39, 0.29) is 43.7 Å². The van der Waals surface area contributed by atoms with Crippen molar-refractivity contribution in [1.82, 2.24) is 9.55 Å². The number of rotatable bonds is 10. The molecule has 1 atom stereocenters. The van der Waals surface area contributed by atoms with Gasteiger partial charge in [-0.05, 0) is 78.3 Å². The molecule has 0 amide bonds. The number of methoxy groups -OCH3 is 1. The van der Waals surface area contributed by atoms with Gasteiger partial charge in [-0.1, -0.05) is 32.1 Å². The molecule has 1 N–H and O–H groups in total. The molecule has 0 unspecified atom stereocenters. The number of carboxylic acids is 1. The van der Waals surface area contributed by atoms with Gasteiger partial charge in [-0.25, -0.2) is 9.37 Å². The minimum Gasteiger partial charge on any atom is -0.497 e. The first-order valence-corrected chi connectivity index (χ1v) is 12.8. The maximum absolute atomic E-state index is 15.0. The second-order valence-electron chi connectivity index (χ2n) is 10.7. The van der Waals surface area contributed by atoms with Gasteiger partial charge in [-0.2, -0.15) is 13.5 Å². The second-order valence-corrected chi connectivity index (χ2v) is 10.7. The number of nitrogens with zero attached hydrogens (tertiary/aromatic N) is 2. The van der Waals surface area contributed by atoms with E-state index in [1.54, 1.807) is 30.1 Å². The molecule has 0 saturated heterocycles. The van der Waals surface area contributed by atoms with Gasteiger partial charge in [-0.15, -0.1) is 0 Å². The van der Waals surface area contributed by atoms with Gasteiger partial charge in [0.15, 0.2) is 0 Å². The summed E-state index contributed by atoms with van der Waals surface area (Å²) in [5.74, 6) is 0.508. The third kappa shape index (κ3) is 5.75. The Balaban J connectivity index is 0.00000336. The van der Waals surface area contributed by atoms with Crippen molar-refractivity contribution in [3.63, 3.8) is 0 Å². The largest absolute Gasteiger partial charge is 0.497 e. The van der Waals surface area contributed by atoms with Crippen molar-refractivity contribution in [1.29, 1.82) is 0 Å². The molecule has 2 aromatic carbocycles. The molecule has 202 valence electrons. The van der Waals surface area contributed by atoms with E-state index in [4.69, 9.17) is 9.47 Å². The fourth-order valence-corrected chi connectivity index (χ4v) is 5.40.